The number of rotatable bonds is 5. The van der Waals surface area contributed by atoms with Crippen molar-refractivity contribution in [3.63, 3.8) is 0 Å². The van der Waals surface area contributed by atoms with Crippen molar-refractivity contribution in [2.45, 2.75) is 17.7 Å². The largest absolute Gasteiger partial charge is 0.324 e. The zero-order valence-corrected chi connectivity index (χ0v) is 11.6. The first-order valence-electron chi connectivity index (χ1n) is 6.40. The number of carbonyl (C=O) groups excluding carboxylic acids is 1. The van der Waals surface area contributed by atoms with E-state index in [4.69, 9.17) is 5.26 Å². The maximum Gasteiger partial charge on any atom is 0.238 e. The molecular formula is C14H17N3OS. The first-order valence-corrected chi connectivity index (χ1v) is 7.39. The van der Waals surface area contributed by atoms with E-state index in [2.05, 4.69) is 16.3 Å². The van der Waals surface area contributed by atoms with Gasteiger partial charge in [0, 0.05) is 4.90 Å². The standard InChI is InChI=1S/C14H17N3OS/c15-7-10-19-13-6-2-1-5-12(13)16-14(18)11-17-8-3-4-9-17/h1-2,5-6H,3-4,8-11H2,(H,16,18). The third-order valence-electron chi connectivity index (χ3n) is 3.02. The van der Waals surface area contributed by atoms with Gasteiger partial charge in [0.2, 0.25) is 5.91 Å². The average molecular weight is 275 g/mol. The van der Waals surface area contributed by atoms with Crippen LogP contribution in [-0.4, -0.2) is 36.2 Å². The van der Waals surface area contributed by atoms with E-state index in [1.165, 1.54) is 24.6 Å². The van der Waals surface area contributed by atoms with Crippen LogP contribution in [0.5, 0.6) is 0 Å². The molecule has 5 heteroatoms. The second-order valence-electron chi connectivity index (χ2n) is 4.47. The van der Waals surface area contributed by atoms with E-state index in [1.807, 2.05) is 24.3 Å². The molecule has 2 rings (SSSR count). The Balaban J connectivity index is 1.93. The molecule has 0 atom stereocenters. The predicted octanol–water partition coefficient (Wildman–Crippen LogP) is 2.34. The molecule has 1 heterocycles. The third kappa shape index (κ3) is 4.27. The zero-order chi connectivity index (χ0) is 13.5. The molecule has 19 heavy (non-hydrogen) atoms. The van der Waals surface area contributed by atoms with E-state index in [9.17, 15) is 4.79 Å². The van der Waals surface area contributed by atoms with E-state index in [0.29, 0.717) is 12.3 Å². The lowest BCUT2D eigenvalue weighted by atomic mass is 10.3. The molecule has 1 aromatic rings. The first-order chi connectivity index (χ1) is 9.29. The quantitative estimate of drug-likeness (QED) is 0.838. The van der Waals surface area contributed by atoms with Crippen LogP contribution in [0.4, 0.5) is 5.69 Å². The number of thioether (sulfide) groups is 1. The van der Waals surface area contributed by atoms with Crippen molar-refractivity contribution in [2.75, 3.05) is 30.7 Å². The van der Waals surface area contributed by atoms with Gasteiger partial charge >= 0.3 is 0 Å². The summed E-state index contributed by atoms with van der Waals surface area (Å²) in [5.41, 5.74) is 0.798. The molecule has 0 unspecified atom stereocenters. The molecule has 1 saturated heterocycles. The van der Waals surface area contributed by atoms with Gasteiger partial charge in [-0.25, -0.2) is 0 Å². The number of nitrogens with zero attached hydrogens (tertiary/aromatic N) is 2. The number of likely N-dealkylation sites (tertiary alicyclic amines) is 1. The van der Waals surface area contributed by atoms with Gasteiger partial charge in [-0.05, 0) is 38.1 Å². The Morgan fingerprint density at radius 1 is 1.37 bits per heavy atom. The molecule has 100 valence electrons. The summed E-state index contributed by atoms with van der Waals surface area (Å²) in [5, 5.41) is 11.6. The Bertz CT molecular complexity index is 478. The van der Waals surface area contributed by atoms with Crippen LogP contribution in [0.3, 0.4) is 0 Å². The van der Waals surface area contributed by atoms with Crippen molar-refractivity contribution in [1.29, 1.82) is 5.26 Å². The van der Waals surface area contributed by atoms with Crippen LogP contribution in [0.25, 0.3) is 0 Å². The molecule has 1 aliphatic rings. The summed E-state index contributed by atoms with van der Waals surface area (Å²) in [6, 6.07) is 9.70. The molecule has 1 amide bonds. The minimum atomic E-state index is 0.0203. The summed E-state index contributed by atoms with van der Waals surface area (Å²) < 4.78 is 0. The van der Waals surface area contributed by atoms with Gasteiger partial charge in [0.1, 0.15) is 0 Å². The summed E-state index contributed by atoms with van der Waals surface area (Å²) in [5.74, 6) is 0.408. The van der Waals surface area contributed by atoms with Crippen LogP contribution >= 0.6 is 11.8 Å². The molecule has 0 saturated carbocycles. The van der Waals surface area contributed by atoms with E-state index in [0.717, 1.165) is 23.7 Å². The van der Waals surface area contributed by atoms with Crippen LogP contribution in [0.1, 0.15) is 12.8 Å². The monoisotopic (exact) mass is 275 g/mol. The number of hydrogen-bond donors (Lipinski definition) is 1. The Morgan fingerprint density at radius 2 is 2.11 bits per heavy atom. The number of anilines is 1. The second kappa shape index (κ2) is 7.17. The number of para-hydroxylation sites is 1. The Labute approximate surface area is 117 Å². The van der Waals surface area contributed by atoms with E-state index >= 15 is 0 Å². The first kappa shape index (κ1) is 13.9. The van der Waals surface area contributed by atoms with Crippen LogP contribution < -0.4 is 5.32 Å². The van der Waals surface area contributed by atoms with Crippen molar-refractivity contribution in [2.24, 2.45) is 0 Å². The molecule has 0 bridgehead atoms. The number of nitriles is 1. The lowest BCUT2D eigenvalue weighted by Gasteiger charge is -2.15. The van der Waals surface area contributed by atoms with Gasteiger partial charge in [-0.1, -0.05) is 12.1 Å². The maximum atomic E-state index is 12.0. The minimum absolute atomic E-state index is 0.0203. The summed E-state index contributed by atoms with van der Waals surface area (Å²) in [7, 11) is 0. The molecule has 1 fully saturated rings. The Morgan fingerprint density at radius 3 is 2.84 bits per heavy atom. The van der Waals surface area contributed by atoms with E-state index < -0.39 is 0 Å². The maximum absolute atomic E-state index is 12.0. The molecular weight excluding hydrogens is 258 g/mol. The fourth-order valence-electron chi connectivity index (χ4n) is 2.14. The van der Waals surface area contributed by atoms with Crippen LogP contribution in [0.2, 0.25) is 0 Å². The average Bonchev–Trinajstić information content (AvgIpc) is 2.90. The normalized spacial score (nSPS) is 15.1. The van der Waals surface area contributed by atoms with Crippen LogP contribution in [0.15, 0.2) is 29.2 Å². The molecule has 1 aromatic carbocycles. The molecule has 0 aliphatic carbocycles. The van der Waals surface area contributed by atoms with Crippen LogP contribution in [0, 0.1) is 11.3 Å². The third-order valence-corrected chi connectivity index (χ3v) is 3.96. The van der Waals surface area contributed by atoms with Crippen molar-refractivity contribution in [3.8, 4) is 6.07 Å². The summed E-state index contributed by atoms with van der Waals surface area (Å²) in [4.78, 5) is 15.1. The minimum Gasteiger partial charge on any atom is -0.324 e. The number of hydrogen-bond acceptors (Lipinski definition) is 4. The fraction of sp³-hybridized carbons (Fsp3) is 0.429. The molecule has 4 nitrogen and oxygen atoms in total. The predicted molar refractivity (Wildman–Crippen MR) is 77.1 cm³/mol. The fourth-order valence-corrected chi connectivity index (χ4v) is 2.81. The highest BCUT2D eigenvalue weighted by Gasteiger charge is 2.15. The highest BCUT2D eigenvalue weighted by Crippen LogP contribution is 2.26. The van der Waals surface area contributed by atoms with Gasteiger partial charge in [-0.2, -0.15) is 5.26 Å². The molecule has 1 N–H and O–H groups in total. The smallest absolute Gasteiger partial charge is 0.238 e. The van der Waals surface area contributed by atoms with E-state index in [1.54, 1.807) is 0 Å². The van der Waals surface area contributed by atoms with Gasteiger partial charge in [0.05, 0.1) is 24.1 Å². The van der Waals surface area contributed by atoms with Gasteiger partial charge in [0.25, 0.3) is 0 Å². The Kier molecular flexibility index (Phi) is 5.25. The molecule has 0 aromatic heterocycles. The summed E-state index contributed by atoms with van der Waals surface area (Å²) >= 11 is 1.44. The summed E-state index contributed by atoms with van der Waals surface area (Å²) in [6.07, 6.45) is 2.36. The molecule has 0 spiro atoms. The lowest BCUT2D eigenvalue weighted by molar-refractivity contribution is -0.117. The van der Waals surface area contributed by atoms with Crippen molar-refractivity contribution >= 4 is 23.4 Å². The summed E-state index contributed by atoms with van der Waals surface area (Å²) in [6.45, 7) is 2.48. The van der Waals surface area contributed by atoms with Crippen molar-refractivity contribution in [3.05, 3.63) is 24.3 Å². The number of nitrogens with one attached hydrogen (secondary N) is 1. The van der Waals surface area contributed by atoms with Gasteiger partial charge in [0.15, 0.2) is 0 Å². The molecule has 0 radical (unpaired) electrons. The highest BCUT2D eigenvalue weighted by molar-refractivity contribution is 7.99. The SMILES string of the molecule is N#CCSc1ccccc1NC(=O)CN1CCCC1. The van der Waals surface area contributed by atoms with Crippen molar-refractivity contribution in [1.82, 2.24) is 4.90 Å². The second-order valence-corrected chi connectivity index (χ2v) is 5.49. The van der Waals surface area contributed by atoms with Gasteiger partial charge in [-0.3, -0.25) is 9.69 Å². The molecule has 1 aliphatic heterocycles. The van der Waals surface area contributed by atoms with Gasteiger partial charge < -0.3 is 5.32 Å². The Hall–Kier alpha value is -1.51. The lowest BCUT2D eigenvalue weighted by Crippen LogP contribution is -2.31. The number of carbonyl (C=O) groups is 1. The van der Waals surface area contributed by atoms with E-state index in [-0.39, 0.29) is 5.91 Å². The van der Waals surface area contributed by atoms with Gasteiger partial charge in [-0.15, -0.1) is 11.8 Å². The highest BCUT2D eigenvalue weighted by atomic mass is 32.2. The number of benzene rings is 1. The van der Waals surface area contributed by atoms with Crippen LogP contribution in [-0.2, 0) is 4.79 Å². The van der Waals surface area contributed by atoms with Crippen molar-refractivity contribution < 1.29 is 4.79 Å². The topological polar surface area (TPSA) is 56.1 Å². The zero-order valence-electron chi connectivity index (χ0n) is 10.8. The number of amides is 1.